The van der Waals surface area contributed by atoms with Gasteiger partial charge in [0, 0.05) is 23.0 Å². The smallest absolute Gasteiger partial charge is 0.263 e. The van der Waals surface area contributed by atoms with Crippen LogP contribution in [0, 0.1) is 0 Å². The molecule has 2 nitrogen and oxygen atoms in total. The number of rotatable bonds is 2. The van der Waals surface area contributed by atoms with Gasteiger partial charge in [-0.3, -0.25) is 4.79 Å². The van der Waals surface area contributed by atoms with Gasteiger partial charge in [-0.1, -0.05) is 35.9 Å². The Morgan fingerprint density at radius 2 is 1.76 bits per heavy atom. The van der Waals surface area contributed by atoms with Crippen LogP contribution >= 0.6 is 22.9 Å². The Bertz CT molecular complexity index is 664. The van der Waals surface area contributed by atoms with Crippen LogP contribution in [0.4, 0.5) is 0 Å². The summed E-state index contributed by atoms with van der Waals surface area (Å²) in [5.41, 5.74) is 2.34. The van der Waals surface area contributed by atoms with E-state index in [4.69, 9.17) is 11.6 Å². The van der Waals surface area contributed by atoms with Crippen molar-refractivity contribution in [3.63, 3.8) is 0 Å². The van der Waals surface area contributed by atoms with E-state index >= 15 is 0 Å². The summed E-state index contributed by atoms with van der Waals surface area (Å²) in [6.45, 7) is 5.55. The first-order chi connectivity index (χ1) is 10.1. The molecule has 2 heterocycles. The molecule has 1 aromatic carbocycles. The second-order valence-electron chi connectivity index (χ2n) is 5.21. The Morgan fingerprint density at radius 3 is 2.43 bits per heavy atom. The third-order valence-corrected chi connectivity index (χ3v) is 5.08. The van der Waals surface area contributed by atoms with Crippen LogP contribution in [0.3, 0.4) is 0 Å². The van der Waals surface area contributed by atoms with Gasteiger partial charge >= 0.3 is 0 Å². The molecule has 0 unspecified atom stereocenters. The molecule has 1 fully saturated rings. The lowest BCUT2D eigenvalue weighted by Gasteiger charge is -2.27. The number of likely N-dealkylation sites (tertiary alicyclic amines) is 1. The van der Waals surface area contributed by atoms with Crippen LogP contribution in [0.15, 0.2) is 48.6 Å². The zero-order chi connectivity index (χ0) is 14.8. The van der Waals surface area contributed by atoms with Crippen molar-refractivity contribution < 1.29 is 4.79 Å². The minimum Gasteiger partial charge on any atom is -0.337 e. The number of carbonyl (C=O) groups is 1. The van der Waals surface area contributed by atoms with Gasteiger partial charge in [-0.05, 0) is 42.7 Å². The minimum absolute atomic E-state index is 0.132. The van der Waals surface area contributed by atoms with Gasteiger partial charge in [0.2, 0.25) is 0 Å². The number of nitrogens with zero attached hydrogens (tertiary/aromatic N) is 1. The fraction of sp³-hybridized carbons (Fsp3) is 0.235. The molecule has 0 bridgehead atoms. The highest BCUT2D eigenvalue weighted by Crippen LogP contribution is 2.30. The average Bonchev–Trinajstić information content (AvgIpc) is 2.98. The lowest BCUT2D eigenvalue weighted by molar-refractivity contribution is 0.0748. The number of piperidine rings is 1. The van der Waals surface area contributed by atoms with E-state index < -0.39 is 0 Å². The SMILES string of the molecule is C=C1CCN(C(=O)c2ccc(-c3ccc(Cl)cc3)s2)CC1. The molecule has 0 N–H and O–H groups in total. The van der Waals surface area contributed by atoms with Gasteiger partial charge in [0.25, 0.3) is 5.91 Å². The first kappa shape index (κ1) is 14.4. The molecular weight excluding hydrogens is 302 g/mol. The van der Waals surface area contributed by atoms with E-state index in [2.05, 4.69) is 6.58 Å². The van der Waals surface area contributed by atoms with Gasteiger partial charge in [0.1, 0.15) is 0 Å². The van der Waals surface area contributed by atoms with Crippen molar-refractivity contribution in [3.8, 4) is 10.4 Å². The predicted molar refractivity (Wildman–Crippen MR) is 89.0 cm³/mol. The summed E-state index contributed by atoms with van der Waals surface area (Å²) in [7, 11) is 0. The Labute approximate surface area is 133 Å². The van der Waals surface area contributed by atoms with Crippen LogP contribution in [-0.2, 0) is 0 Å². The summed E-state index contributed by atoms with van der Waals surface area (Å²) in [5.74, 6) is 0.132. The molecule has 1 aliphatic rings. The van der Waals surface area contributed by atoms with Crippen molar-refractivity contribution >= 4 is 28.8 Å². The van der Waals surface area contributed by atoms with E-state index in [1.54, 1.807) is 0 Å². The van der Waals surface area contributed by atoms with Crippen LogP contribution < -0.4 is 0 Å². The van der Waals surface area contributed by atoms with E-state index in [1.807, 2.05) is 41.3 Å². The summed E-state index contributed by atoms with van der Waals surface area (Å²) in [4.78, 5) is 16.3. The maximum Gasteiger partial charge on any atom is 0.263 e. The minimum atomic E-state index is 0.132. The molecule has 21 heavy (non-hydrogen) atoms. The lowest BCUT2D eigenvalue weighted by atomic mass is 10.1. The molecule has 1 aromatic heterocycles. The first-order valence-corrected chi connectivity index (χ1v) is 8.14. The zero-order valence-corrected chi connectivity index (χ0v) is 13.2. The highest BCUT2D eigenvalue weighted by Gasteiger charge is 2.21. The van der Waals surface area contributed by atoms with E-state index in [0.29, 0.717) is 0 Å². The summed E-state index contributed by atoms with van der Waals surface area (Å²) in [5, 5.41) is 0.722. The molecule has 0 spiro atoms. The Kier molecular flexibility index (Phi) is 4.13. The second kappa shape index (κ2) is 6.04. The molecule has 3 rings (SSSR count). The largest absolute Gasteiger partial charge is 0.337 e. The lowest BCUT2D eigenvalue weighted by Crippen LogP contribution is -2.35. The summed E-state index contributed by atoms with van der Waals surface area (Å²) >= 11 is 7.44. The Hall–Kier alpha value is -1.58. The highest BCUT2D eigenvalue weighted by molar-refractivity contribution is 7.17. The van der Waals surface area contributed by atoms with Crippen molar-refractivity contribution in [1.82, 2.24) is 4.90 Å². The van der Waals surface area contributed by atoms with Crippen molar-refractivity contribution in [1.29, 1.82) is 0 Å². The first-order valence-electron chi connectivity index (χ1n) is 6.95. The quantitative estimate of drug-likeness (QED) is 0.724. The van der Waals surface area contributed by atoms with Crippen LogP contribution in [0.1, 0.15) is 22.5 Å². The van der Waals surface area contributed by atoms with Gasteiger partial charge in [-0.2, -0.15) is 0 Å². The number of halogens is 1. The standard InChI is InChI=1S/C17H16ClNOS/c1-12-8-10-19(11-9-12)17(20)16-7-6-15(21-16)13-2-4-14(18)5-3-13/h2-7H,1,8-11H2. The van der Waals surface area contributed by atoms with Gasteiger partial charge in [0.15, 0.2) is 0 Å². The van der Waals surface area contributed by atoms with Crippen LogP contribution in [0.5, 0.6) is 0 Å². The van der Waals surface area contributed by atoms with Crippen molar-refractivity contribution in [2.24, 2.45) is 0 Å². The molecule has 0 atom stereocenters. The highest BCUT2D eigenvalue weighted by atomic mass is 35.5. The molecule has 1 amide bonds. The maximum absolute atomic E-state index is 12.5. The average molecular weight is 318 g/mol. The number of thiophene rings is 1. The van der Waals surface area contributed by atoms with E-state index in [0.717, 1.165) is 46.3 Å². The maximum atomic E-state index is 12.5. The van der Waals surface area contributed by atoms with Crippen LogP contribution in [0.2, 0.25) is 5.02 Å². The van der Waals surface area contributed by atoms with Crippen molar-refractivity contribution in [2.45, 2.75) is 12.8 Å². The summed E-state index contributed by atoms with van der Waals surface area (Å²) < 4.78 is 0. The fourth-order valence-corrected chi connectivity index (χ4v) is 3.51. The van der Waals surface area contributed by atoms with Crippen LogP contribution in [0.25, 0.3) is 10.4 Å². The molecule has 0 saturated carbocycles. The second-order valence-corrected chi connectivity index (χ2v) is 6.73. The van der Waals surface area contributed by atoms with E-state index in [-0.39, 0.29) is 5.91 Å². The predicted octanol–water partition coefficient (Wildman–Crippen LogP) is 4.86. The number of carbonyl (C=O) groups excluding carboxylic acids is 1. The monoisotopic (exact) mass is 317 g/mol. The third kappa shape index (κ3) is 3.20. The number of hydrogen-bond donors (Lipinski definition) is 0. The number of amides is 1. The number of hydrogen-bond acceptors (Lipinski definition) is 2. The molecule has 4 heteroatoms. The van der Waals surface area contributed by atoms with Gasteiger partial charge in [-0.15, -0.1) is 11.3 Å². The normalized spacial score (nSPS) is 15.3. The van der Waals surface area contributed by atoms with Crippen molar-refractivity contribution in [2.75, 3.05) is 13.1 Å². The summed E-state index contributed by atoms with van der Waals surface area (Å²) in [6.07, 6.45) is 1.84. The van der Waals surface area contributed by atoms with Gasteiger partial charge in [0.05, 0.1) is 4.88 Å². The Balaban J connectivity index is 1.76. The molecular formula is C17H16ClNOS. The van der Waals surface area contributed by atoms with E-state index in [9.17, 15) is 4.79 Å². The summed E-state index contributed by atoms with van der Waals surface area (Å²) in [6, 6.07) is 11.6. The van der Waals surface area contributed by atoms with Gasteiger partial charge < -0.3 is 4.90 Å². The molecule has 0 aliphatic carbocycles. The molecule has 0 radical (unpaired) electrons. The van der Waals surface area contributed by atoms with Crippen LogP contribution in [-0.4, -0.2) is 23.9 Å². The molecule has 108 valence electrons. The third-order valence-electron chi connectivity index (χ3n) is 3.70. The zero-order valence-electron chi connectivity index (χ0n) is 11.6. The topological polar surface area (TPSA) is 20.3 Å². The number of benzene rings is 1. The van der Waals surface area contributed by atoms with Crippen molar-refractivity contribution in [3.05, 3.63) is 58.5 Å². The molecule has 1 saturated heterocycles. The fourth-order valence-electron chi connectivity index (χ4n) is 2.40. The van der Waals surface area contributed by atoms with E-state index in [1.165, 1.54) is 16.9 Å². The Morgan fingerprint density at radius 1 is 1.10 bits per heavy atom. The molecule has 2 aromatic rings. The molecule has 1 aliphatic heterocycles. The van der Waals surface area contributed by atoms with Gasteiger partial charge in [-0.25, -0.2) is 0 Å².